The van der Waals surface area contributed by atoms with E-state index in [9.17, 15) is 18.0 Å². The second-order valence-electron chi connectivity index (χ2n) is 5.89. The lowest BCUT2D eigenvalue weighted by molar-refractivity contribution is -0.117. The molecule has 2 rings (SSSR count). The first kappa shape index (κ1) is 20.7. The van der Waals surface area contributed by atoms with Crippen LogP contribution in [0.4, 0.5) is 11.4 Å². The average molecular weight is 410 g/mol. The molecule has 0 fully saturated rings. The largest absolute Gasteiger partial charge is 0.366 e. The van der Waals surface area contributed by atoms with E-state index in [0.717, 1.165) is 10.6 Å². The van der Waals surface area contributed by atoms with Gasteiger partial charge in [0.15, 0.2) is 0 Å². The van der Waals surface area contributed by atoms with E-state index >= 15 is 0 Å². The van der Waals surface area contributed by atoms with Crippen molar-refractivity contribution in [2.24, 2.45) is 5.73 Å². The zero-order valence-corrected chi connectivity index (χ0v) is 16.4. The van der Waals surface area contributed by atoms with E-state index in [1.165, 1.54) is 30.3 Å². The van der Waals surface area contributed by atoms with Crippen molar-refractivity contribution >= 4 is 44.8 Å². The van der Waals surface area contributed by atoms with Crippen LogP contribution in [-0.2, 0) is 14.8 Å². The van der Waals surface area contributed by atoms with E-state index in [1.807, 2.05) is 0 Å². The number of halogens is 1. The van der Waals surface area contributed by atoms with Crippen LogP contribution in [0.25, 0.3) is 0 Å². The minimum atomic E-state index is -3.75. The van der Waals surface area contributed by atoms with E-state index in [-0.39, 0.29) is 6.42 Å². The quantitative estimate of drug-likeness (QED) is 0.732. The highest BCUT2D eigenvalue weighted by atomic mass is 35.5. The molecule has 0 bridgehead atoms. The van der Waals surface area contributed by atoms with E-state index in [2.05, 4.69) is 5.32 Å². The number of anilines is 2. The molecule has 3 N–H and O–H groups in total. The van der Waals surface area contributed by atoms with Gasteiger partial charge in [-0.25, -0.2) is 8.42 Å². The Balaban J connectivity index is 2.33. The van der Waals surface area contributed by atoms with Gasteiger partial charge in [0.05, 0.1) is 11.9 Å². The molecule has 0 unspecified atom stereocenters. The number of nitrogens with zero attached hydrogens (tertiary/aromatic N) is 1. The SMILES string of the molecule is CC[C@@H](C(=O)Nc1ccc(C(N)=O)cc1)N(c1cccc(Cl)c1)S(C)(=O)=O. The number of nitrogens with one attached hydrogen (secondary N) is 1. The van der Waals surface area contributed by atoms with Crippen molar-refractivity contribution in [3.05, 3.63) is 59.1 Å². The Kier molecular flexibility index (Phi) is 6.45. The second-order valence-corrected chi connectivity index (χ2v) is 8.19. The van der Waals surface area contributed by atoms with E-state index in [4.69, 9.17) is 17.3 Å². The molecular formula is C18H20ClN3O4S. The first-order valence-electron chi connectivity index (χ1n) is 8.09. The van der Waals surface area contributed by atoms with Gasteiger partial charge in [0.2, 0.25) is 21.8 Å². The minimum absolute atomic E-state index is 0.241. The van der Waals surface area contributed by atoms with Gasteiger partial charge in [0.1, 0.15) is 6.04 Å². The van der Waals surface area contributed by atoms with Crippen LogP contribution in [0.5, 0.6) is 0 Å². The maximum absolute atomic E-state index is 12.8. The summed E-state index contributed by atoms with van der Waals surface area (Å²) >= 11 is 5.98. The molecule has 0 heterocycles. The first-order chi connectivity index (χ1) is 12.6. The highest BCUT2D eigenvalue weighted by Gasteiger charge is 2.31. The topological polar surface area (TPSA) is 110 Å². The summed E-state index contributed by atoms with van der Waals surface area (Å²) in [7, 11) is -3.75. The zero-order chi connectivity index (χ0) is 20.2. The van der Waals surface area contributed by atoms with E-state index < -0.39 is 27.9 Å². The normalized spacial score (nSPS) is 12.3. The second kappa shape index (κ2) is 8.41. The highest BCUT2D eigenvalue weighted by Crippen LogP contribution is 2.26. The van der Waals surface area contributed by atoms with Crippen LogP contribution in [0.1, 0.15) is 23.7 Å². The van der Waals surface area contributed by atoms with E-state index in [1.54, 1.807) is 25.1 Å². The van der Waals surface area contributed by atoms with Crippen molar-refractivity contribution in [3.63, 3.8) is 0 Å². The molecule has 9 heteroatoms. The fraction of sp³-hybridized carbons (Fsp3) is 0.222. The standard InChI is InChI=1S/C18H20ClN3O4S/c1-3-16(18(24)21-14-9-7-12(8-10-14)17(20)23)22(27(2,25)26)15-6-4-5-13(19)11-15/h4-11,16H,3H2,1-2H3,(H2,20,23)(H,21,24)/t16-/m0/s1. The van der Waals surface area contributed by atoms with Crippen molar-refractivity contribution in [2.75, 3.05) is 15.9 Å². The van der Waals surface area contributed by atoms with Gasteiger partial charge in [0, 0.05) is 16.3 Å². The Morgan fingerprint density at radius 2 is 1.81 bits per heavy atom. The van der Waals surface area contributed by atoms with Crippen LogP contribution >= 0.6 is 11.6 Å². The highest BCUT2D eigenvalue weighted by molar-refractivity contribution is 7.92. The number of primary amides is 1. The molecule has 0 saturated heterocycles. The maximum Gasteiger partial charge on any atom is 0.248 e. The van der Waals surface area contributed by atoms with Crippen molar-refractivity contribution in [3.8, 4) is 0 Å². The summed E-state index contributed by atoms with van der Waals surface area (Å²) in [5.41, 5.74) is 6.21. The summed E-state index contributed by atoms with van der Waals surface area (Å²) in [5.74, 6) is -1.08. The summed E-state index contributed by atoms with van der Waals surface area (Å²) in [4.78, 5) is 23.9. The molecule has 27 heavy (non-hydrogen) atoms. The number of hydrogen-bond acceptors (Lipinski definition) is 4. The molecule has 1 atom stereocenters. The van der Waals surface area contributed by atoms with Gasteiger partial charge in [-0.15, -0.1) is 0 Å². The van der Waals surface area contributed by atoms with Crippen LogP contribution in [0.3, 0.4) is 0 Å². The molecule has 0 radical (unpaired) electrons. The summed E-state index contributed by atoms with van der Waals surface area (Å²) in [6, 6.07) is 11.3. The monoisotopic (exact) mass is 409 g/mol. The van der Waals surface area contributed by atoms with Crippen LogP contribution in [0, 0.1) is 0 Å². The molecule has 2 aromatic carbocycles. The third-order valence-electron chi connectivity index (χ3n) is 3.83. The van der Waals surface area contributed by atoms with Gasteiger partial charge in [-0.3, -0.25) is 13.9 Å². The molecule has 0 saturated carbocycles. The molecule has 0 spiro atoms. The third kappa shape index (κ3) is 5.21. The van der Waals surface area contributed by atoms with E-state index in [0.29, 0.717) is 22.0 Å². The summed E-state index contributed by atoms with van der Waals surface area (Å²) in [5, 5.41) is 3.03. The molecule has 7 nitrogen and oxygen atoms in total. The summed E-state index contributed by atoms with van der Waals surface area (Å²) in [6.07, 6.45) is 1.27. The average Bonchev–Trinajstić information content (AvgIpc) is 2.58. The lowest BCUT2D eigenvalue weighted by atomic mass is 10.1. The van der Waals surface area contributed by atoms with Crippen LogP contribution in [0.2, 0.25) is 5.02 Å². The van der Waals surface area contributed by atoms with Gasteiger partial charge in [-0.05, 0) is 48.9 Å². The number of nitrogens with two attached hydrogens (primary N) is 1. The number of rotatable bonds is 7. The molecule has 0 aliphatic rings. The Hall–Kier alpha value is -2.58. The number of sulfonamides is 1. The van der Waals surface area contributed by atoms with Gasteiger partial charge >= 0.3 is 0 Å². The predicted octanol–water partition coefficient (Wildman–Crippen LogP) is 2.62. The predicted molar refractivity (Wildman–Crippen MR) is 106 cm³/mol. The molecule has 0 aliphatic carbocycles. The lowest BCUT2D eigenvalue weighted by Crippen LogP contribution is -2.47. The number of carbonyl (C=O) groups excluding carboxylic acids is 2. The van der Waals surface area contributed by atoms with Gasteiger partial charge < -0.3 is 11.1 Å². The lowest BCUT2D eigenvalue weighted by Gasteiger charge is -2.30. The van der Waals surface area contributed by atoms with Gasteiger partial charge in [-0.1, -0.05) is 24.6 Å². The Morgan fingerprint density at radius 1 is 1.19 bits per heavy atom. The molecule has 2 aromatic rings. The number of hydrogen-bond donors (Lipinski definition) is 2. The Morgan fingerprint density at radius 3 is 2.30 bits per heavy atom. The molecule has 144 valence electrons. The first-order valence-corrected chi connectivity index (χ1v) is 10.3. The smallest absolute Gasteiger partial charge is 0.248 e. The Labute approximate surface area is 163 Å². The zero-order valence-electron chi connectivity index (χ0n) is 14.8. The fourth-order valence-electron chi connectivity index (χ4n) is 2.62. The van der Waals surface area contributed by atoms with Crippen molar-refractivity contribution in [1.29, 1.82) is 0 Å². The third-order valence-corrected chi connectivity index (χ3v) is 5.24. The van der Waals surface area contributed by atoms with Crippen molar-refractivity contribution in [1.82, 2.24) is 0 Å². The molecular weight excluding hydrogens is 390 g/mol. The van der Waals surface area contributed by atoms with Crippen LogP contribution in [-0.4, -0.2) is 32.5 Å². The van der Waals surface area contributed by atoms with Crippen molar-refractivity contribution in [2.45, 2.75) is 19.4 Å². The summed E-state index contributed by atoms with van der Waals surface area (Å²) in [6.45, 7) is 1.71. The van der Waals surface area contributed by atoms with Crippen LogP contribution in [0.15, 0.2) is 48.5 Å². The fourth-order valence-corrected chi connectivity index (χ4v) is 4.00. The molecule has 0 aliphatic heterocycles. The number of amides is 2. The number of benzene rings is 2. The Bertz CT molecular complexity index is 945. The molecule has 2 amide bonds. The summed E-state index contributed by atoms with van der Waals surface area (Å²) < 4.78 is 25.8. The minimum Gasteiger partial charge on any atom is -0.366 e. The maximum atomic E-state index is 12.8. The van der Waals surface area contributed by atoms with Gasteiger partial charge in [0.25, 0.3) is 0 Å². The van der Waals surface area contributed by atoms with Gasteiger partial charge in [-0.2, -0.15) is 0 Å². The molecule has 0 aromatic heterocycles. The number of carbonyl (C=O) groups is 2. The van der Waals surface area contributed by atoms with Crippen molar-refractivity contribution < 1.29 is 18.0 Å². The van der Waals surface area contributed by atoms with Crippen LogP contribution < -0.4 is 15.4 Å².